The zero-order valence-electron chi connectivity index (χ0n) is 16.7. The molecule has 1 atom stereocenters. The smallest absolute Gasteiger partial charge is 0.257 e. The Balaban J connectivity index is 1.61. The van der Waals surface area contributed by atoms with Gasteiger partial charge >= 0.3 is 0 Å². The second kappa shape index (κ2) is 7.78. The van der Waals surface area contributed by atoms with Crippen molar-refractivity contribution < 1.29 is 14.3 Å². The number of hydrogen-bond donors (Lipinski definition) is 1. The molecule has 0 aliphatic rings. The van der Waals surface area contributed by atoms with Crippen molar-refractivity contribution >= 4 is 17.3 Å². The molecule has 4 rings (SSSR count). The summed E-state index contributed by atoms with van der Waals surface area (Å²) >= 11 is 0. The van der Waals surface area contributed by atoms with Crippen molar-refractivity contribution in [3.63, 3.8) is 0 Å². The number of nitrogens with zero attached hydrogens (tertiary/aromatic N) is 5. The Kier molecular flexibility index (Phi) is 5.01. The van der Waals surface area contributed by atoms with E-state index >= 15 is 0 Å². The largest absolute Gasteiger partial charge is 0.497 e. The fourth-order valence-electron chi connectivity index (χ4n) is 3.17. The first-order valence-corrected chi connectivity index (χ1v) is 9.29. The van der Waals surface area contributed by atoms with Crippen molar-refractivity contribution in [1.82, 2.24) is 29.5 Å². The summed E-state index contributed by atoms with van der Waals surface area (Å²) in [6, 6.07) is 8.58. The Bertz CT molecular complexity index is 1230. The summed E-state index contributed by atoms with van der Waals surface area (Å²) in [5.41, 5.74) is 2.36. The minimum atomic E-state index is -0.752. The number of methoxy groups -OCH3 is 1. The van der Waals surface area contributed by atoms with E-state index in [4.69, 9.17) is 4.74 Å². The van der Waals surface area contributed by atoms with Gasteiger partial charge in [0, 0.05) is 31.2 Å². The Morgan fingerprint density at radius 2 is 1.87 bits per heavy atom. The summed E-state index contributed by atoms with van der Waals surface area (Å²) in [4.78, 5) is 33.7. The molecule has 0 spiro atoms. The first-order chi connectivity index (χ1) is 14.5. The highest BCUT2D eigenvalue weighted by molar-refractivity contribution is 6.04. The second-order valence-electron chi connectivity index (χ2n) is 6.77. The van der Waals surface area contributed by atoms with Crippen molar-refractivity contribution in [2.24, 2.45) is 7.05 Å². The number of hydrogen-bond acceptors (Lipinski definition) is 6. The maximum atomic E-state index is 12.8. The van der Waals surface area contributed by atoms with Crippen LogP contribution in [0.15, 0.2) is 55.1 Å². The maximum Gasteiger partial charge on any atom is 0.257 e. The zero-order valence-corrected chi connectivity index (χ0v) is 16.7. The van der Waals surface area contributed by atoms with Gasteiger partial charge in [0.1, 0.15) is 11.3 Å². The van der Waals surface area contributed by atoms with E-state index in [-0.39, 0.29) is 17.2 Å². The molecule has 1 amide bonds. The lowest BCUT2D eigenvalue weighted by Crippen LogP contribution is -2.39. The standard InChI is InChI=1S/C21H20N6O3/c1-13(18(28)20-23-10-11-26(20)2)25-21(29)16-12-24-27-17(8-9-22-19(16)27)14-4-6-15(30-3)7-5-14/h4-13H,1-3H3,(H,25,29). The average Bonchev–Trinajstić information content (AvgIpc) is 3.39. The van der Waals surface area contributed by atoms with Crippen LogP contribution in [0.1, 0.15) is 27.9 Å². The third-order valence-corrected chi connectivity index (χ3v) is 4.81. The quantitative estimate of drug-likeness (QED) is 0.494. The van der Waals surface area contributed by atoms with E-state index in [0.29, 0.717) is 5.65 Å². The van der Waals surface area contributed by atoms with E-state index in [0.717, 1.165) is 17.0 Å². The third kappa shape index (κ3) is 3.41. The van der Waals surface area contributed by atoms with Gasteiger partial charge in [-0.1, -0.05) is 0 Å². The molecule has 152 valence electrons. The van der Waals surface area contributed by atoms with Crippen molar-refractivity contribution in [1.29, 1.82) is 0 Å². The molecule has 0 bridgehead atoms. The van der Waals surface area contributed by atoms with Crippen LogP contribution in [0.4, 0.5) is 0 Å². The molecule has 0 radical (unpaired) electrons. The topological polar surface area (TPSA) is 103 Å². The third-order valence-electron chi connectivity index (χ3n) is 4.81. The van der Waals surface area contributed by atoms with Gasteiger partial charge in [-0.15, -0.1) is 0 Å². The van der Waals surface area contributed by atoms with Crippen LogP contribution in [-0.2, 0) is 7.05 Å². The fraction of sp³-hybridized carbons (Fsp3) is 0.190. The second-order valence-corrected chi connectivity index (χ2v) is 6.77. The number of benzene rings is 1. The Hall–Kier alpha value is -4.01. The van der Waals surface area contributed by atoms with Crippen LogP contribution >= 0.6 is 0 Å². The number of carbonyl (C=O) groups is 2. The molecule has 3 heterocycles. The predicted molar refractivity (Wildman–Crippen MR) is 109 cm³/mol. The van der Waals surface area contributed by atoms with E-state index < -0.39 is 11.9 Å². The molecule has 9 nitrogen and oxygen atoms in total. The number of rotatable bonds is 6. The van der Waals surface area contributed by atoms with Crippen LogP contribution in [-0.4, -0.2) is 49.0 Å². The molecular weight excluding hydrogens is 384 g/mol. The van der Waals surface area contributed by atoms with Crippen LogP contribution in [0.25, 0.3) is 16.9 Å². The molecule has 30 heavy (non-hydrogen) atoms. The first-order valence-electron chi connectivity index (χ1n) is 9.29. The lowest BCUT2D eigenvalue weighted by Gasteiger charge is -2.12. The number of aryl methyl sites for hydroxylation is 1. The average molecular weight is 404 g/mol. The van der Waals surface area contributed by atoms with Crippen molar-refractivity contribution in [2.75, 3.05) is 7.11 Å². The number of amides is 1. The molecule has 9 heteroatoms. The van der Waals surface area contributed by atoms with E-state index in [1.807, 2.05) is 30.3 Å². The number of fused-ring (bicyclic) bond motifs is 1. The number of Topliss-reactive ketones (excluding diaryl/α,β-unsaturated/α-hetero) is 1. The first kappa shape index (κ1) is 19.3. The molecule has 1 N–H and O–H groups in total. The molecule has 4 aromatic rings. The van der Waals surface area contributed by atoms with E-state index in [9.17, 15) is 9.59 Å². The van der Waals surface area contributed by atoms with Gasteiger partial charge in [0.05, 0.1) is 25.0 Å². The highest BCUT2D eigenvalue weighted by Crippen LogP contribution is 2.23. The van der Waals surface area contributed by atoms with Gasteiger partial charge in [0.25, 0.3) is 5.91 Å². The number of imidazole rings is 1. The fourth-order valence-corrected chi connectivity index (χ4v) is 3.17. The highest BCUT2D eigenvalue weighted by Gasteiger charge is 2.23. The maximum absolute atomic E-state index is 12.8. The summed E-state index contributed by atoms with van der Waals surface area (Å²) < 4.78 is 8.41. The van der Waals surface area contributed by atoms with Gasteiger partial charge in [-0.05, 0) is 37.3 Å². The molecular formula is C21H20N6O3. The minimum absolute atomic E-state index is 0.279. The Morgan fingerprint density at radius 1 is 1.10 bits per heavy atom. The summed E-state index contributed by atoms with van der Waals surface area (Å²) in [5, 5.41) is 7.05. The lowest BCUT2D eigenvalue weighted by atomic mass is 10.1. The lowest BCUT2D eigenvalue weighted by molar-refractivity contribution is 0.0859. The molecule has 1 aromatic carbocycles. The number of ether oxygens (including phenoxy) is 1. The highest BCUT2D eigenvalue weighted by atomic mass is 16.5. The van der Waals surface area contributed by atoms with Gasteiger partial charge in [0.15, 0.2) is 11.5 Å². The van der Waals surface area contributed by atoms with Gasteiger partial charge < -0.3 is 14.6 Å². The normalized spacial score (nSPS) is 12.0. The van der Waals surface area contributed by atoms with Crippen molar-refractivity contribution in [2.45, 2.75) is 13.0 Å². The molecule has 0 aliphatic carbocycles. The van der Waals surface area contributed by atoms with Crippen LogP contribution in [0.3, 0.4) is 0 Å². The van der Waals surface area contributed by atoms with E-state index in [1.165, 1.54) is 12.4 Å². The van der Waals surface area contributed by atoms with Crippen molar-refractivity contribution in [3.05, 3.63) is 66.5 Å². The Morgan fingerprint density at radius 3 is 2.53 bits per heavy atom. The number of aromatic nitrogens is 5. The van der Waals surface area contributed by atoms with Crippen LogP contribution in [0.5, 0.6) is 5.75 Å². The molecule has 3 aromatic heterocycles. The molecule has 0 aliphatic heterocycles. The molecule has 0 fully saturated rings. The van der Waals surface area contributed by atoms with Crippen LogP contribution in [0, 0.1) is 0 Å². The minimum Gasteiger partial charge on any atom is -0.497 e. The monoisotopic (exact) mass is 404 g/mol. The Labute approximate surface area is 172 Å². The number of carbonyl (C=O) groups excluding carboxylic acids is 2. The number of ketones is 1. The van der Waals surface area contributed by atoms with Crippen LogP contribution < -0.4 is 10.1 Å². The summed E-state index contributed by atoms with van der Waals surface area (Å²) in [7, 11) is 3.34. The van der Waals surface area contributed by atoms with Crippen molar-refractivity contribution in [3.8, 4) is 17.0 Å². The summed E-state index contributed by atoms with van der Waals surface area (Å²) in [6.07, 6.45) is 6.29. The molecule has 1 unspecified atom stereocenters. The summed E-state index contributed by atoms with van der Waals surface area (Å²) in [6.45, 7) is 1.62. The molecule has 0 saturated carbocycles. The summed E-state index contributed by atoms with van der Waals surface area (Å²) in [5.74, 6) is 0.317. The number of nitrogens with one attached hydrogen (secondary N) is 1. The van der Waals surface area contributed by atoms with Gasteiger partial charge in [-0.25, -0.2) is 14.5 Å². The predicted octanol–water partition coefficient (Wildman–Crippen LogP) is 2.14. The molecule has 0 saturated heterocycles. The SMILES string of the molecule is COc1ccc(-c2ccnc3c(C(=O)NC(C)C(=O)c4nccn4C)cnn23)cc1. The van der Waals surface area contributed by atoms with Gasteiger partial charge in [-0.2, -0.15) is 5.10 Å². The van der Waals surface area contributed by atoms with Gasteiger partial charge in [-0.3, -0.25) is 9.59 Å². The van der Waals surface area contributed by atoms with E-state index in [1.54, 1.807) is 42.6 Å². The van der Waals surface area contributed by atoms with E-state index in [2.05, 4.69) is 20.4 Å². The van der Waals surface area contributed by atoms with Gasteiger partial charge in [0.2, 0.25) is 5.78 Å². The zero-order chi connectivity index (χ0) is 21.3. The van der Waals surface area contributed by atoms with Crippen LogP contribution in [0.2, 0.25) is 0 Å².